The number of rotatable bonds is 4. The molecule has 78 valence electrons. The van der Waals surface area contributed by atoms with Crippen molar-refractivity contribution in [2.75, 3.05) is 13.2 Å². The number of hydrogen-bond acceptors (Lipinski definition) is 2. The first-order valence-corrected chi connectivity index (χ1v) is 5.60. The monoisotopic (exact) mass is 185 g/mol. The summed E-state index contributed by atoms with van der Waals surface area (Å²) < 4.78 is 0. The third-order valence-electron chi connectivity index (χ3n) is 3.85. The van der Waals surface area contributed by atoms with Gasteiger partial charge >= 0.3 is 0 Å². The average Bonchev–Trinajstić information content (AvgIpc) is 2.19. The van der Waals surface area contributed by atoms with Crippen molar-refractivity contribution in [1.29, 1.82) is 0 Å². The molecule has 0 aromatic heterocycles. The van der Waals surface area contributed by atoms with Crippen LogP contribution < -0.4 is 5.73 Å². The van der Waals surface area contributed by atoms with Crippen molar-refractivity contribution in [2.24, 2.45) is 17.1 Å². The second-order valence-corrected chi connectivity index (χ2v) is 4.39. The van der Waals surface area contributed by atoms with Gasteiger partial charge in [0, 0.05) is 6.61 Å². The minimum atomic E-state index is 0.266. The fourth-order valence-electron chi connectivity index (χ4n) is 2.94. The summed E-state index contributed by atoms with van der Waals surface area (Å²) in [5.41, 5.74) is 6.14. The van der Waals surface area contributed by atoms with Gasteiger partial charge in [-0.3, -0.25) is 0 Å². The van der Waals surface area contributed by atoms with Crippen LogP contribution in [0.5, 0.6) is 0 Å². The van der Waals surface area contributed by atoms with Gasteiger partial charge in [0.15, 0.2) is 0 Å². The van der Waals surface area contributed by atoms with E-state index in [0.29, 0.717) is 6.61 Å². The van der Waals surface area contributed by atoms with Crippen molar-refractivity contribution in [3.05, 3.63) is 0 Å². The summed E-state index contributed by atoms with van der Waals surface area (Å²) in [5.74, 6) is 0.749. The first kappa shape index (κ1) is 11.0. The Morgan fingerprint density at radius 3 is 2.77 bits per heavy atom. The van der Waals surface area contributed by atoms with E-state index < -0.39 is 0 Å². The largest absolute Gasteiger partial charge is 0.396 e. The molecule has 0 amide bonds. The highest BCUT2D eigenvalue weighted by Gasteiger charge is 2.37. The highest BCUT2D eigenvalue weighted by Crippen LogP contribution is 2.44. The van der Waals surface area contributed by atoms with Crippen LogP contribution in [0.1, 0.15) is 45.4 Å². The molecule has 0 aromatic carbocycles. The zero-order chi connectivity index (χ0) is 9.73. The highest BCUT2D eigenvalue weighted by molar-refractivity contribution is 4.89. The predicted molar refractivity (Wildman–Crippen MR) is 55.4 cm³/mol. The number of aliphatic hydroxyl groups is 1. The van der Waals surface area contributed by atoms with E-state index in [4.69, 9.17) is 10.8 Å². The fraction of sp³-hybridized carbons (Fsp3) is 1.00. The molecule has 1 aliphatic carbocycles. The summed E-state index contributed by atoms with van der Waals surface area (Å²) in [5, 5.41) is 9.07. The van der Waals surface area contributed by atoms with Crippen molar-refractivity contribution in [1.82, 2.24) is 0 Å². The Hall–Kier alpha value is -0.0800. The van der Waals surface area contributed by atoms with E-state index in [2.05, 4.69) is 6.92 Å². The third kappa shape index (κ3) is 2.23. The standard InChI is InChI=1S/C11H23NO/c1-2-10-5-3-4-6-11(10,9-12)7-8-13/h10,13H,2-9,12H2,1H3. The summed E-state index contributed by atoms with van der Waals surface area (Å²) in [6.07, 6.45) is 7.31. The SMILES string of the molecule is CCC1CCCCC1(CN)CCO. The minimum absolute atomic E-state index is 0.266. The summed E-state index contributed by atoms with van der Waals surface area (Å²) in [6, 6.07) is 0. The van der Waals surface area contributed by atoms with Crippen molar-refractivity contribution in [3.8, 4) is 0 Å². The molecular weight excluding hydrogens is 162 g/mol. The smallest absolute Gasteiger partial charge is 0.0436 e. The molecule has 0 heterocycles. The molecule has 1 rings (SSSR count). The zero-order valence-corrected chi connectivity index (χ0v) is 8.76. The molecule has 0 aliphatic heterocycles. The molecule has 3 N–H and O–H groups in total. The normalized spacial score (nSPS) is 34.8. The van der Waals surface area contributed by atoms with E-state index in [9.17, 15) is 0 Å². The first-order valence-electron chi connectivity index (χ1n) is 5.60. The van der Waals surface area contributed by atoms with Crippen LogP contribution >= 0.6 is 0 Å². The molecule has 2 nitrogen and oxygen atoms in total. The predicted octanol–water partition coefficient (Wildman–Crippen LogP) is 1.91. The quantitative estimate of drug-likeness (QED) is 0.703. The van der Waals surface area contributed by atoms with Crippen molar-refractivity contribution < 1.29 is 5.11 Å². The van der Waals surface area contributed by atoms with E-state index in [1.54, 1.807) is 0 Å². The highest BCUT2D eigenvalue weighted by atomic mass is 16.3. The Labute approximate surface area is 81.5 Å². The lowest BCUT2D eigenvalue weighted by molar-refractivity contribution is 0.0650. The van der Waals surface area contributed by atoms with Gasteiger partial charge in [-0.25, -0.2) is 0 Å². The molecule has 1 saturated carbocycles. The second kappa shape index (κ2) is 4.97. The number of nitrogens with two attached hydrogens (primary N) is 1. The van der Waals surface area contributed by atoms with Crippen LogP contribution in [0.25, 0.3) is 0 Å². The van der Waals surface area contributed by atoms with E-state index in [0.717, 1.165) is 18.9 Å². The molecule has 2 atom stereocenters. The molecule has 0 spiro atoms. The van der Waals surface area contributed by atoms with Crippen molar-refractivity contribution in [2.45, 2.75) is 45.4 Å². The second-order valence-electron chi connectivity index (χ2n) is 4.39. The third-order valence-corrected chi connectivity index (χ3v) is 3.85. The van der Waals surface area contributed by atoms with Crippen LogP contribution in [-0.2, 0) is 0 Å². The maximum atomic E-state index is 9.07. The minimum Gasteiger partial charge on any atom is -0.396 e. The van der Waals surface area contributed by atoms with Crippen LogP contribution in [-0.4, -0.2) is 18.3 Å². The van der Waals surface area contributed by atoms with Gasteiger partial charge in [-0.1, -0.05) is 26.2 Å². The molecule has 0 radical (unpaired) electrons. The molecular formula is C11H23NO. The van der Waals surface area contributed by atoms with Gasteiger partial charge in [0.05, 0.1) is 0 Å². The van der Waals surface area contributed by atoms with Gasteiger partial charge in [-0.05, 0) is 37.1 Å². The van der Waals surface area contributed by atoms with Crippen LogP contribution in [0.4, 0.5) is 0 Å². The molecule has 0 saturated heterocycles. The number of aliphatic hydroxyl groups excluding tert-OH is 1. The first-order chi connectivity index (χ1) is 6.29. The van der Waals surface area contributed by atoms with Gasteiger partial charge in [-0.15, -0.1) is 0 Å². The Morgan fingerprint density at radius 1 is 1.46 bits per heavy atom. The lowest BCUT2D eigenvalue weighted by Crippen LogP contribution is -2.41. The van der Waals surface area contributed by atoms with Crippen molar-refractivity contribution >= 4 is 0 Å². The zero-order valence-electron chi connectivity index (χ0n) is 8.76. The Balaban J connectivity index is 2.66. The van der Waals surface area contributed by atoms with Crippen molar-refractivity contribution in [3.63, 3.8) is 0 Å². The van der Waals surface area contributed by atoms with Gasteiger partial charge in [0.25, 0.3) is 0 Å². The summed E-state index contributed by atoms with van der Waals surface area (Å²) in [6.45, 7) is 3.30. The van der Waals surface area contributed by atoms with Crippen LogP contribution in [0.2, 0.25) is 0 Å². The van der Waals surface area contributed by atoms with Crippen LogP contribution in [0, 0.1) is 11.3 Å². The summed E-state index contributed by atoms with van der Waals surface area (Å²) >= 11 is 0. The molecule has 0 aromatic rings. The maximum absolute atomic E-state index is 9.07. The van der Waals surface area contributed by atoms with Gasteiger partial charge in [0.1, 0.15) is 0 Å². The topological polar surface area (TPSA) is 46.2 Å². The van der Waals surface area contributed by atoms with E-state index >= 15 is 0 Å². The van der Waals surface area contributed by atoms with E-state index in [-0.39, 0.29) is 5.41 Å². The Kier molecular flexibility index (Phi) is 4.20. The Bertz CT molecular complexity index is 145. The lowest BCUT2D eigenvalue weighted by Gasteiger charge is -2.43. The summed E-state index contributed by atoms with van der Waals surface area (Å²) in [4.78, 5) is 0. The lowest BCUT2D eigenvalue weighted by atomic mass is 9.63. The van der Waals surface area contributed by atoms with Gasteiger partial charge in [-0.2, -0.15) is 0 Å². The molecule has 2 heteroatoms. The van der Waals surface area contributed by atoms with Crippen LogP contribution in [0.15, 0.2) is 0 Å². The molecule has 1 aliphatic rings. The number of hydrogen-bond donors (Lipinski definition) is 2. The van der Waals surface area contributed by atoms with Gasteiger partial charge in [0.2, 0.25) is 0 Å². The van der Waals surface area contributed by atoms with Gasteiger partial charge < -0.3 is 10.8 Å². The fourth-order valence-corrected chi connectivity index (χ4v) is 2.94. The molecule has 0 bridgehead atoms. The Morgan fingerprint density at radius 2 is 2.23 bits per heavy atom. The van der Waals surface area contributed by atoms with E-state index in [1.165, 1.54) is 32.1 Å². The average molecular weight is 185 g/mol. The molecule has 2 unspecified atom stereocenters. The van der Waals surface area contributed by atoms with E-state index in [1.807, 2.05) is 0 Å². The molecule has 1 fully saturated rings. The summed E-state index contributed by atoms with van der Waals surface area (Å²) in [7, 11) is 0. The molecule has 13 heavy (non-hydrogen) atoms. The van der Waals surface area contributed by atoms with Crippen LogP contribution in [0.3, 0.4) is 0 Å². The maximum Gasteiger partial charge on any atom is 0.0436 e.